The van der Waals surface area contributed by atoms with E-state index >= 15 is 0 Å². The minimum absolute atomic E-state index is 0.248. The van der Waals surface area contributed by atoms with Gasteiger partial charge in [-0.05, 0) is 36.4 Å². The van der Waals surface area contributed by atoms with Gasteiger partial charge in [-0.25, -0.2) is 4.39 Å². The predicted molar refractivity (Wildman–Crippen MR) is 79.4 cm³/mol. The Labute approximate surface area is 134 Å². The van der Waals surface area contributed by atoms with Gasteiger partial charge < -0.3 is 5.32 Å². The van der Waals surface area contributed by atoms with Gasteiger partial charge in [0.05, 0.1) is 16.9 Å². The molecule has 0 heterocycles. The highest BCUT2D eigenvalue weighted by atomic mass is 19.4. The number of alkyl halides is 3. The number of benzene rings is 2. The highest BCUT2D eigenvalue weighted by Crippen LogP contribution is 2.34. The lowest BCUT2D eigenvalue weighted by Crippen LogP contribution is -2.30. The molecule has 0 aliphatic heterocycles. The molecule has 0 aliphatic rings. The minimum Gasteiger partial charge on any atom is -0.324 e. The lowest BCUT2D eigenvalue weighted by Gasteiger charge is -2.17. The van der Waals surface area contributed by atoms with Gasteiger partial charge in [-0.15, -0.1) is 0 Å². The Morgan fingerprint density at radius 3 is 2.33 bits per heavy atom. The van der Waals surface area contributed by atoms with E-state index in [0.717, 1.165) is 29.2 Å². The van der Waals surface area contributed by atoms with E-state index in [0.29, 0.717) is 0 Å². The van der Waals surface area contributed by atoms with Gasteiger partial charge in [0, 0.05) is 0 Å². The van der Waals surface area contributed by atoms with Crippen LogP contribution < -0.4 is 10.2 Å². The summed E-state index contributed by atoms with van der Waals surface area (Å²) in [4.78, 5) is 12.9. The number of nitrogens with one attached hydrogen (secondary N) is 1. The Morgan fingerprint density at radius 1 is 1.12 bits per heavy atom. The van der Waals surface area contributed by atoms with Crippen LogP contribution in [0.3, 0.4) is 0 Å². The van der Waals surface area contributed by atoms with Crippen LogP contribution in [-0.2, 0) is 11.0 Å². The van der Waals surface area contributed by atoms with Gasteiger partial charge in [-0.1, -0.05) is 12.1 Å². The Kier molecular flexibility index (Phi) is 5.04. The van der Waals surface area contributed by atoms with Crippen LogP contribution in [0.4, 0.5) is 28.9 Å². The van der Waals surface area contributed by atoms with Crippen LogP contribution in [0.25, 0.3) is 0 Å². The zero-order valence-corrected chi connectivity index (χ0v) is 12.1. The standard InChI is InChI=1S/C16H11F4N3O/c17-11-5-7-12(8-6-11)23(10-21)9-15(24)22-14-4-2-1-3-13(14)16(18,19)20/h1-8H,9H2,(H,22,24). The number of hydrogen-bond donors (Lipinski definition) is 1. The van der Waals surface area contributed by atoms with Gasteiger partial charge >= 0.3 is 6.18 Å². The molecule has 0 aliphatic carbocycles. The molecule has 4 nitrogen and oxygen atoms in total. The number of halogens is 4. The lowest BCUT2D eigenvalue weighted by molar-refractivity contribution is -0.137. The van der Waals surface area contributed by atoms with Crippen LogP contribution in [0.15, 0.2) is 48.5 Å². The first-order valence-corrected chi connectivity index (χ1v) is 6.70. The van der Waals surface area contributed by atoms with E-state index in [4.69, 9.17) is 5.26 Å². The Morgan fingerprint density at radius 2 is 1.75 bits per heavy atom. The van der Waals surface area contributed by atoms with Crippen molar-refractivity contribution >= 4 is 17.3 Å². The molecule has 124 valence electrons. The highest BCUT2D eigenvalue weighted by Gasteiger charge is 2.33. The largest absolute Gasteiger partial charge is 0.418 e. The molecular weight excluding hydrogens is 326 g/mol. The number of para-hydroxylation sites is 1. The molecule has 0 saturated heterocycles. The number of rotatable bonds is 4. The highest BCUT2D eigenvalue weighted by molar-refractivity contribution is 5.95. The summed E-state index contributed by atoms with van der Waals surface area (Å²) in [6, 6.07) is 9.32. The average Bonchev–Trinajstić information content (AvgIpc) is 2.53. The molecule has 8 heteroatoms. The maximum Gasteiger partial charge on any atom is 0.418 e. The summed E-state index contributed by atoms with van der Waals surface area (Å²) in [5, 5.41) is 11.2. The van der Waals surface area contributed by atoms with Crippen molar-refractivity contribution in [2.45, 2.75) is 6.18 Å². The molecule has 2 aromatic rings. The maximum atomic E-state index is 12.9. The van der Waals surface area contributed by atoms with Gasteiger partial charge in [-0.2, -0.15) is 18.4 Å². The van der Waals surface area contributed by atoms with Crippen molar-refractivity contribution in [1.29, 1.82) is 5.26 Å². The molecule has 2 aromatic carbocycles. The fourth-order valence-corrected chi connectivity index (χ4v) is 1.98. The second kappa shape index (κ2) is 7.00. The number of anilines is 2. The normalized spacial score (nSPS) is 10.8. The lowest BCUT2D eigenvalue weighted by atomic mass is 10.1. The summed E-state index contributed by atoms with van der Waals surface area (Å²) in [5.41, 5.74) is -1.13. The molecule has 0 bridgehead atoms. The number of amides is 1. The molecule has 0 saturated carbocycles. The van der Waals surface area contributed by atoms with Crippen LogP contribution in [-0.4, -0.2) is 12.5 Å². The number of nitriles is 1. The molecule has 24 heavy (non-hydrogen) atoms. The number of carbonyl (C=O) groups excluding carboxylic acids is 1. The van der Waals surface area contributed by atoms with Gasteiger partial charge in [-0.3, -0.25) is 9.69 Å². The van der Waals surface area contributed by atoms with Crippen LogP contribution in [0.1, 0.15) is 5.56 Å². The summed E-state index contributed by atoms with van der Waals surface area (Å²) >= 11 is 0. The molecule has 0 unspecified atom stereocenters. The van der Waals surface area contributed by atoms with E-state index in [2.05, 4.69) is 5.32 Å². The monoisotopic (exact) mass is 337 g/mol. The number of hydrogen-bond acceptors (Lipinski definition) is 3. The van der Waals surface area contributed by atoms with E-state index < -0.39 is 35.7 Å². The Bertz CT molecular complexity index is 766. The van der Waals surface area contributed by atoms with Crippen LogP contribution in [0, 0.1) is 17.3 Å². The predicted octanol–water partition coefficient (Wildman–Crippen LogP) is 3.77. The number of carbonyl (C=O) groups is 1. The van der Waals surface area contributed by atoms with E-state index in [1.165, 1.54) is 24.3 Å². The van der Waals surface area contributed by atoms with Gasteiger partial charge in [0.25, 0.3) is 0 Å². The van der Waals surface area contributed by atoms with Crippen molar-refractivity contribution in [2.75, 3.05) is 16.8 Å². The zero-order chi connectivity index (χ0) is 17.7. The van der Waals surface area contributed by atoms with Crippen molar-refractivity contribution in [3.05, 3.63) is 59.9 Å². The van der Waals surface area contributed by atoms with Crippen molar-refractivity contribution < 1.29 is 22.4 Å². The van der Waals surface area contributed by atoms with Crippen molar-refractivity contribution in [1.82, 2.24) is 0 Å². The van der Waals surface area contributed by atoms with E-state index in [1.54, 1.807) is 6.19 Å². The van der Waals surface area contributed by atoms with E-state index in [-0.39, 0.29) is 5.69 Å². The van der Waals surface area contributed by atoms with Crippen molar-refractivity contribution in [3.63, 3.8) is 0 Å². The molecule has 0 fully saturated rings. The van der Waals surface area contributed by atoms with E-state index in [9.17, 15) is 22.4 Å². The second-order valence-electron chi connectivity index (χ2n) is 4.75. The third kappa shape index (κ3) is 4.23. The summed E-state index contributed by atoms with van der Waals surface area (Å²) in [6.45, 7) is -0.506. The Hall–Kier alpha value is -3.08. The molecule has 0 aromatic heterocycles. The van der Waals surface area contributed by atoms with Gasteiger partial charge in [0.1, 0.15) is 12.4 Å². The minimum atomic E-state index is -4.62. The molecule has 0 spiro atoms. The second-order valence-corrected chi connectivity index (χ2v) is 4.75. The molecule has 1 N–H and O–H groups in total. The molecule has 1 amide bonds. The van der Waals surface area contributed by atoms with E-state index in [1.807, 2.05) is 0 Å². The summed E-state index contributed by atoms with van der Waals surface area (Å²) in [5.74, 6) is -1.32. The summed E-state index contributed by atoms with van der Waals surface area (Å²) < 4.78 is 51.5. The fraction of sp³-hybridized carbons (Fsp3) is 0.125. The van der Waals surface area contributed by atoms with Gasteiger partial charge in [0.15, 0.2) is 6.19 Å². The Balaban J connectivity index is 2.13. The number of nitrogens with zero attached hydrogens (tertiary/aromatic N) is 2. The SMILES string of the molecule is N#CN(CC(=O)Nc1ccccc1C(F)(F)F)c1ccc(F)cc1. The van der Waals surface area contributed by atoms with Crippen molar-refractivity contribution in [3.8, 4) is 6.19 Å². The van der Waals surface area contributed by atoms with Crippen LogP contribution in [0.2, 0.25) is 0 Å². The summed E-state index contributed by atoms with van der Waals surface area (Å²) in [6.07, 6.45) is -2.89. The quantitative estimate of drug-likeness (QED) is 0.525. The first kappa shape index (κ1) is 17.3. The third-order valence-electron chi connectivity index (χ3n) is 3.07. The summed E-state index contributed by atoms with van der Waals surface area (Å²) in [7, 11) is 0. The molecular formula is C16H11F4N3O. The smallest absolute Gasteiger partial charge is 0.324 e. The van der Waals surface area contributed by atoms with Crippen molar-refractivity contribution in [2.24, 2.45) is 0 Å². The average molecular weight is 337 g/mol. The van der Waals surface area contributed by atoms with Crippen LogP contribution >= 0.6 is 0 Å². The topological polar surface area (TPSA) is 56.1 Å². The fourth-order valence-electron chi connectivity index (χ4n) is 1.98. The molecule has 0 atom stereocenters. The third-order valence-corrected chi connectivity index (χ3v) is 3.07. The molecule has 0 radical (unpaired) electrons. The first-order chi connectivity index (χ1) is 11.3. The first-order valence-electron chi connectivity index (χ1n) is 6.70. The van der Waals surface area contributed by atoms with Crippen LogP contribution in [0.5, 0.6) is 0 Å². The maximum absolute atomic E-state index is 12.9. The van der Waals surface area contributed by atoms with Gasteiger partial charge in [0.2, 0.25) is 5.91 Å². The zero-order valence-electron chi connectivity index (χ0n) is 12.1. The molecule has 2 rings (SSSR count).